The molecule has 0 bridgehead atoms. The van der Waals surface area contributed by atoms with Crippen molar-refractivity contribution in [2.45, 2.75) is 109 Å². The van der Waals surface area contributed by atoms with E-state index in [4.69, 9.17) is 9.73 Å². The lowest BCUT2D eigenvalue weighted by molar-refractivity contribution is 0.265. The second kappa shape index (κ2) is 8.73. The van der Waals surface area contributed by atoms with Gasteiger partial charge in [-0.05, 0) is 49.1 Å². The van der Waals surface area contributed by atoms with Crippen molar-refractivity contribution in [2.75, 3.05) is 12.8 Å². The summed E-state index contributed by atoms with van der Waals surface area (Å²) < 4.78 is 6.13. The molecule has 0 unspecified atom stereocenters. The zero-order chi connectivity index (χ0) is 17.9. The van der Waals surface area contributed by atoms with E-state index in [1.54, 1.807) is 0 Å². The first-order valence-corrected chi connectivity index (χ1v) is 12.6. The molecule has 3 rings (SSSR count). The predicted octanol–water partition coefficient (Wildman–Crippen LogP) is 6.61. The van der Waals surface area contributed by atoms with Gasteiger partial charge in [0.15, 0.2) is 5.90 Å². The molecule has 0 spiro atoms. The van der Waals surface area contributed by atoms with Crippen molar-refractivity contribution in [2.24, 2.45) is 16.3 Å². The number of nitrogens with zero attached hydrogens (tertiary/aromatic N) is 1. The Bertz CT molecular complexity index is 429. The summed E-state index contributed by atoms with van der Waals surface area (Å²) in [5.74, 6) is 1.66. The number of hydrogen-bond acceptors (Lipinski definition) is 2. The van der Waals surface area contributed by atoms with Crippen LogP contribution in [-0.2, 0) is 4.74 Å². The second-order valence-corrected chi connectivity index (χ2v) is 12.5. The van der Waals surface area contributed by atoms with Crippen LogP contribution in [0.4, 0.5) is 0 Å². The van der Waals surface area contributed by atoms with Crippen LogP contribution in [0.3, 0.4) is 0 Å². The SMILES string of the molecule is CC(C)[C@@H]1COC(C(C)(C)CP(C2CCCCC2)C2CCCCC2)=N1. The van der Waals surface area contributed by atoms with Crippen LogP contribution in [0.1, 0.15) is 91.9 Å². The summed E-state index contributed by atoms with van der Waals surface area (Å²) in [5, 5.41) is 0. The van der Waals surface area contributed by atoms with Gasteiger partial charge < -0.3 is 4.74 Å². The van der Waals surface area contributed by atoms with E-state index in [-0.39, 0.29) is 13.3 Å². The van der Waals surface area contributed by atoms with Crippen molar-refractivity contribution in [3.63, 3.8) is 0 Å². The fourth-order valence-corrected chi connectivity index (χ4v) is 9.22. The van der Waals surface area contributed by atoms with Gasteiger partial charge in [0.2, 0.25) is 0 Å². The Hall–Kier alpha value is -0.100. The Kier molecular flexibility index (Phi) is 6.86. The Labute approximate surface area is 157 Å². The molecule has 0 radical (unpaired) electrons. The summed E-state index contributed by atoms with van der Waals surface area (Å²) >= 11 is 0. The Morgan fingerprint density at radius 2 is 1.48 bits per heavy atom. The molecule has 1 atom stereocenters. The molecule has 2 nitrogen and oxygen atoms in total. The fourth-order valence-electron chi connectivity index (χ4n) is 5.01. The van der Waals surface area contributed by atoms with Crippen molar-refractivity contribution in [1.29, 1.82) is 0 Å². The highest BCUT2D eigenvalue weighted by Crippen LogP contribution is 2.58. The van der Waals surface area contributed by atoms with Gasteiger partial charge in [0.1, 0.15) is 6.61 Å². The molecule has 0 N–H and O–H groups in total. The highest BCUT2D eigenvalue weighted by Gasteiger charge is 2.40. The van der Waals surface area contributed by atoms with Crippen LogP contribution in [0, 0.1) is 11.3 Å². The Balaban J connectivity index is 1.72. The monoisotopic (exact) mass is 365 g/mol. The van der Waals surface area contributed by atoms with Gasteiger partial charge in [0.05, 0.1) is 6.04 Å². The molecule has 3 aliphatic rings. The molecule has 2 aliphatic carbocycles. The van der Waals surface area contributed by atoms with E-state index in [2.05, 4.69) is 27.7 Å². The zero-order valence-electron chi connectivity index (χ0n) is 17.1. The van der Waals surface area contributed by atoms with Gasteiger partial charge >= 0.3 is 0 Å². The van der Waals surface area contributed by atoms with Crippen LogP contribution in [0.25, 0.3) is 0 Å². The third-order valence-electron chi connectivity index (χ3n) is 6.69. The zero-order valence-corrected chi connectivity index (χ0v) is 18.0. The summed E-state index contributed by atoms with van der Waals surface area (Å²) in [5.41, 5.74) is 2.17. The minimum atomic E-state index is 0.108. The summed E-state index contributed by atoms with van der Waals surface area (Å²) in [4.78, 5) is 5.01. The smallest absolute Gasteiger partial charge is 0.189 e. The summed E-state index contributed by atoms with van der Waals surface area (Å²) in [7, 11) is 0.108. The van der Waals surface area contributed by atoms with Crippen LogP contribution < -0.4 is 0 Å². The van der Waals surface area contributed by atoms with E-state index in [0.29, 0.717) is 12.0 Å². The average molecular weight is 366 g/mol. The maximum Gasteiger partial charge on any atom is 0.189 e. The Morgan fingerprint density at radius 1 is 0.960 bits per heavy atom. The van der Waals surface area contributed by atoms with Gasteiger partial charge in [0, 0.05) is 5.41 Å². The lowest BCUT2D eigenvalue weighted by atomic mass is 9.96. The van der Waals surface area contributed by atoms with Gasteiger partial charge in [-0.1, -0.05) is 74.1 Å². The van der Waals surface area contributed by atoms with Crippen molar-refractivity contribution in [1.82, 2.24) is 0 Å². The number of aliphatic imine (C=N–C) groups is 1. The minimum absolute atomic E-state index is 0.108. The molecule has 3 heteroatoms. The van der Waals surface area contributed by atoms with Crippen molar-refractivity contribution < 1.29 is 4.74 Å². The quantitative estimate of drug-likeness (QED) is 0.485. The average Bonchev–Trinajstić information content (AvgIpc) is 3.13. The number of hydrogen-bond donors (Lipinski definition) is 0. The van der Waals surface area contributed by atoms with E-state index in [0.717, 1.165) is 23.8 Å². The first kappa shape index (κ1) is 19.7. The Morgan fingerprint density at radius 3 is 1.92 bits per heavy atom. The third-order valence-corrected chi connectivity index (χ3v) is 10.8. The highest BCUT2D eigenvalue weighted by atomic mass is 31.1. The van der Waals surface area contributed by atoms with Crippen molar-refractivity contribution in [3.8, 4) is 0 Å². The van der Waals surface area contributed by atoms with Crippen LogP contribution >= 0.6 is 7.92 Å². The lowest BCUT2D eigenvalue weighted by Gasteiger charge is -2.42. The van der Waals surface area contributed by atoms with E-state index >= 15 is 0 Å². The van der Waals surface area contributed by atoms with E-state index in [9.17, 15) is 0 Å². The molecule has 2 saturated carbocycles. The van der Waals surface area contributed by atoms with Crippen LogP contribution in [0.2, 0.25) is 0 Å². The topological polar surface area (TPSA) is 21.6 Å². The third kappa shape index (κ3) is 5.00. The molecule has 0 saturated heterocycles. The molecule has 0 amide bonds. The van der Waals surface area contributed by atoms with Gasteiger partial charge in [-0.25, -0.2) is 4.99 Å². The van der Waals surface area contributed by atoms with Gasteiger partial charge in [-0.15, -0.1) is 0 Å². The second-order valence-electron chi connectivity index (χ2n) is 9.70. The molecule has 0 aromatic heterocycles. The molecular formula is C22H40NOP. The van der Waals surface area contributed by atoms with Gasteiger partial charge in [0.25, 0.3) is 0 Å². The molecule has 1 aliphatic heterocycles. The maximum absolute atomic E-state index is 6.13. The fraction of sp³-hybridized carbons (Fsp3) is 0.955. The molecule has 0 aromatic carbocycles. The summed E-state index contributed by atoms with van der Waals surface area (Å²) in [6.45, 7) is 10.2. The summed E-state index contributed by atoms with van der Waals surface area (Å²) in [6.07, 6.45) is 16.2. The molecule has 2 fully saturated rings. The van der Waals surface area contributed by atoms with E-state index in [1.165, 1.54) is 70.4 Å². The molecule has 1 heterocycles. The first-order valence-electron chi connectivity index (χ1n) is 10.9. The number of rotatable bonds is 6. The largest absolute Gasteiger partial charge is 0.478 e. The minimum Gasteiger partial charge on any atom is -0.478 e. The molecule has 0 aromatic rings. The van der Waals surface area contributed by atoms with Gasteiger partial charge in [-0.3, -0.25) is 0 Å². The van der Waals surface area contributed by atoms with Crippen LogP contribution in [0.5, 0.6) is 0 Å². The van der Waals surface area contributed by atoms with Crippen molar-refractivity contribution in [3.05, 3.63) is 0 Å². The molecule has 25 heavy (non-hydrogen) atoms. The van der Waals surface area contributed by atoms with E-state index in [1.807, 2.05) is 0 Å². The van der Waals surface area contributed by atoms with Gasteiger partial charge in [-0.2, -0.15) is 0 Å². The van der Waals surface area contributed by atoms with Crippen LogP contribution in [-0.4, -0.2) is 36.0 Å². The summed E-state index contributed by atoms with van der Waals surface area (Å²) in [6, 6.07) is 0.380. The van der Waals surface area contributed by atoms with Crippen molar-refractivity contribution >= 4 is 13.8 Å². The molecule has 144 valence electrons. The normalized spacial score (nSPS) is 27.0. The standard InChI is InChI=1S/C22H40NOP/c1-17(2)20-15-24-21(23-20)22(3,4)16-25(18-11-7-5-8-12-18)19-13-9-6-10-14-19/h17-20H,5-16H2,1-4H3/t20-/m0/s1. The number of ether oxygens (including phenoxy) is 1. The maximum atomic E-state index is 6.13. The first-order chi connectivity index (χ1) is 12.0. The van der Waals surface area contributed by atoms with E-state index < -0.39 is 0 Å². The highest BCUT2D eigenvalue weighted by molar-refractivity contribution is 7.59. The predicted molar refractivity (Wildman–Crippen MR) is 111 cm³/mol. The lowest BCUT2D eigenvalue weighted by Crippen LogP contribution is -2.33. The van der Waals surface area contributed by atoms with Crippen LogP contribution in [0.15, 0.2) is 4.99 Å². The molecular weight excluding hydrogens is 325 g/mol.